The summed E-state index contributed by atoms with van der Waals surface area (Å²) in [6.45, 7) is 8.42. The van der Waals surface area contributed by atoms with E-state index in [2.05, 4.69) is 32.7 Å². The number of Topliss-reactive ketones (excluding diaryl/α,β-unsaturated/α-hetero) is 1. The van der Waals surface area contributed by atoms with Crippen LogP contribution in [0.1, 0.15) is 28.7 Å². The summed E-state index contributed by atoms with van der Waals surface area (Å²) in [7, 11) is 0. The van der Waals surface area contributed by atoms with Crippen molar-refractivity contribution in [2.24, 2.45) is 0 Å². The summed E-state index contributed by atoms with van der Waals surface area (Å²) < 4.78 is 3.01. The number of rotatable bonds is 7. The number of halogens is 1. The second kappa shape index (κ2) is 7.74. The Bertz CT molecular complexity index is 697. The Morgan fingerprint density at radius 3 is 2.86 bits per heavy atom. The summed E-state index contributed by atoms with van der Waals surface area (Å²) in [5.74, 6) is 1.35. The average molecular weight is 380 g/mol. The molecule has 22 heavy (non-hydrogen) atoms. The van der Waals surface area contributed by atoms with Crippen LogP contribution in [-0.4, -0.2) is 26.3 Å². The molecule has 1 heterocycles. The van der Waals surface area contributed by atoms with Gasteiger partial charge in [0, 0.05) is 23.0 Å². The summed E-state index contributed by atoms with van der Waals surface area (Å²) >= 11 is 4.86. The van der Waals surface area contributed by atoms with Gasteiger partial charge < -0.3 is 4.57 Å². The lowest BCUT2D eigenvalue weighted by Crippen LogP contribution is -2.06. The number of benzene rings is 1. The molecule has 0 saturated heterocycles. The van der Waals surface area contributed by atoms with Crippen LogP contribution in [0.2, 0.25) is 0 Å². The predicted molar refractivity (Wildman–Crippen MR) is 93.5 cm³/mol. The quantitative estimate of drug-likeness (QED) is 0.413. The minimum atomic E-state index is 0.0896. The number of aryl methyl sites for hydroxylation is 2. The highest BCUT2D eigenvalue weighted by Crippen LogP contribution is 2.21. The van der Waals surface area contributed by atoms with Crippen molar-refractivity contribution < 1.29 is 4.79 Å². The second-order valence-electron chi connectivity index (χ2n) is 4.83. The van der Waals surface area contributed by atoms with Crippen LogP contribution in [0.4, 0.5) is 0 Å². The Morgan fingerprint density at radius 2 is 2.23 bits per heavy atom. The van der Waals surface area contributed by atoms with Crippen molar-refractivity contribution >= 4 is 33.5 Å². The first-order chi connectivity index (χ1) is 10.6. The number of hydrogen-bond donors (Lipinski definition) is 0. The molecule has 0 bridgehead atoms. The van der Waals surface area contributed by atoms with E-state index < -0.39 is 0 Å². The molecular weight excluding hydrogens is 362 g/mol. The van der Waals surface area contributed by atoms with Gasteiger partial charge in [-0.3, -0.25) is 4.79 Å². The molecule has 0 saturated carbocycles. The van der Waals surface area contributed by atoms with Crippen molar-refractivity contribution in [1.29, 1.82) is 0 Å². The number of hydrogen-bond acceptors (Lipinski definition) is 4. The number of carbonyl (C=O) groups excluding carboxylic acids is 1. The van der Waals surface area contributed by atoms with E-state index in [0.29, 0.717) is 12.3 Å². The minimum absolute atomic E-state index is 0.0896. The average Bonchev–Trinajstić information content (AvgIpc) is 2.90. The van der Waals surface area contributed by atoms with Gasteiger partial charge in [0.1, 0.15) is 5.82 Å². The van der Waals surface area contributed by atoms with Gasteiger partial charge >= 0.3 is 0 Å². The maximum atomic E-state index is 12.3. The predicted octanol–water partition coefficient (Wildman–Crippen LogP) is 4.07. The van der Waals surface area contributed by atoms with Gasteiger partial charge in [-0.15, -0.1) is 16.8 Å². The molecule has 0 unspecified atom stereocenters. The molecule has 0 N–H and O–H groups in total. The van der Waals surface area contributed by atoms with E-state index in [9.17, 15) is 4.79 Å². The number of ketones is 1. The first-order valence-electron chi connectivity index (χ1n) is 7.02. The molecule has 0 atom stereocenters. The van der Waals surface area contributed by atoms with Crippen LogP contribution in [0, 0.1) is 6.92 Å². The highest BCUT2D eigenvalue weighted by Gasteiger charge is 2.13. The zero-order valence-electron chi connectivity index (χ0n) is 12.7. The fourth-order valence-electron chi connectivity index (χ4n) is 2.03. The van der Waals surface area contributed by atoms with Crippen molar-refractivity contribution in [1.82, 2.24) is 14.8 Å². The van der Waals surface area contributed by atoms with Crippen LogP contribution in [-0.2, 0) is 13.0 Å². The number of aromatic nitrogens is 3. The molecular formula is C16H18BrN3OS. The van der Waals surface area contributed by atoms with Crippen LogP contribution >= 0.6 is 27.7 Å². The van der Waals surface area contributed by atoms with E-state index in [-0.39, 0.29) is 5.78 Å². The Hall–Kier alpha value is -1.40. The zero-order chi connectivity index (χ0) is 16.1. The summed E-state index contributed by atoms with van der Waals surface area (Å²) in [5.41, 5.74) is 1.78. The molecule has 0 spiro atoms. The molecule has 2 aromatic rings. The van der Waals surface area contributed by atoms with Crippen LogP contribution in [0.25, 0.3) is 0 Å². The van der Waals surface area contributed by atoms with Crippen molar-refractivity contribution in [2.45, 2.75) is 32.0 Å². The van der Waals surface area contributed by atoms with Gasteiger partial charge in [-0.05, 0) is 24.6 Å². The lowest BCUT2D eigenvalue weighted by Gasteiger charge is -2.06. The largest absolute Gasteiger partial charge is 0.302 e. The van der Waals surface area contributed by atoms with Gasteiger partial charge in [0.05, 0.1) is 5.75 Å². The highest BCUT2D eigenvalue weighted by molar-refractivity contribution is 9.10. The molecule has 0 radical (unpaired) electrons. The zero-order valence-corrected chi connectivity index (χ0v) is 15.1. The van der Waals surface area contributed by atoms with Crippen molar-refractivity contribution in [3.05, 3.63) is 52.3 Å². The maximum absolute atomic E-state index is 12.3. The normalized spacial score (nSPS) is 10.7. The number of thioether (sulfide) groups is 1. The minimum Gasteiger partial charge on any atom is -0.302 e. The van der Waals surface area contributed by atoms with Gasteiger partial charge in [0.25, 0.3) is 0 Å². The molecule has 0 aliphatic rings. The Morgan fingerprint density at radius 1 is 1.45 bits per heavy atom. The first-order valence-corrected chi connectivity index (χ1v) is 8.79. The van der Waals surface area contributed by atoms with Gasteiger partial charge in [-0.25, -0.2) is 0 Å². The molecule has 2 rings (SSSR count). The summed E-state index contributed by atoms with van der Waals surface area (Å²) in [6.07, 6.45) is 2.62. The molecule has 1 aromatic heterocycles. The van der Waals surface area contributed by atoms with Gasteiger partial charge in [0.15, 0.2) is 10.9 Å². The molecule has 0 amide bonds. The number of allylic oxidation sites excluding steroid dienone is 1. The second-order valence-corrected chi connectivity index (χ2v) is 6.62. The maximum Gasteiger partial charge on any atom is 0.191 e. The van der Waals surface area contributed by atoms with E-state index in [1.54, 1.807) is 0 Å². The van der Waals surface area contributed by atoms with Crippen molar-refractivity contribution in [2.75, 3.05) is 5.75 Å². The topological polar surface area (TPSA) is 47.8 Å². The van der Waals surface area contributed by atoms with Crippen LogP contribution in [0.3, 0.4) is 0 Å². The highest BCUT2D eigenvalue weighted by atomic mass is 79.9. The van der Waals surface area contributed by atoms with Gasteiger partial charge in [0.2, 0.25) is 0 Å². The summed E-state index contributed by atoms with van der Waals surface area (Å²) in [6, 6.07) is 5.65. The number of nitrogens with zero attached hydrogens (tertiary/aromatic N) is 3. The molecule has 0 aliphatic carbocycles. The molecule has 4 nitrogen and oxygen atoms in total. The third-order valence-electron chi connectivity index (χ3n) is 3.23. The van der Waals surface area contributed by atoms with E-state index in [4.69, 9.17) is 0 Å². The fraction of sp³-hybridized carbons (Fsp3) is 0.312. The smallest absolute Gasteiger partial charge is 0.191 e. The fourth-order valence-corrected chi connectivity index (χ4v) is 3.14. The summed E-state index contributed by atoms with van der Waals surface area (Å²) in [5, 5.41) is 9.09. The molecule has 6 heteroatoms. The Balaban J connectivity index is 2.09. The molecule has 0 fully saturated rings. The van der Waals surface area contributed by atoms with E-state index in [0.717, 1.165) is 33.0 Å². The van der Waals surface area contributed by atoms with Crippen molar-refractivity contribution in [3.63, 3.8) is 0 Å². The van der Waals surface area contributed by atoms with E-state index in [1.165, 1.54) is 11.8 Å². The summed E-state index contributed by atoms with van der Waals surface area (Å²) in [4.78, 5) is 12.3. The molecule has 1 aromatic carbocycles. The first kappa shape index (κ1) is 17.0. The van der Waals surface area contributed by atoms with Crippen molar-refractivity contribution in [3.8, 4) is 0 Å². The van der Waals surface area contributed by atoms with Gasteiger partial charge in [-0.2, -0.15) is 0 Å². The third kappa shape index (κ3) is 3.87. The third-order valence-corrected chi connectivity index (χ3v) is 5.09. The molecule has 116 valence electrons. The van der Waals surface area contributed by atoms with E-state index >= 15 is 0 Å². The monoisotopic (exact) mass is 379 g/mol. The SMILES string of the molecule is C=CCn1c(CC)nnc1SCC(=O)c1ccc(Br)c(C)c1. The Labute approximate surface area is 143 Å². The number of carbonyl (C=O) groups is 1. The lowest BCUT2D eigenvalue weighted by molar-refractivity contribution is 0.102. The van der Waals surface area contributed by atoms with Crippen LogP contribution in [0.5, 0.6) is 0 Å². The van der Waals surface area contributed by atoms with E-state index in [1.807, 2.05) is 42.7 Å². The molecule has 0 aliphatic heterocycles. The van der Waals surface area contributed by atoms with Crippen LogP contribution in [0.15, 0.2) is 40.5 Å². The van der Waals surface area contributed by atoms with Crippen LogP contribution < -0.4 is 0 Å². The Kier molecular flexibility index (Phi) is 5.97. The lowest BCUT2D eigenvalue weighted by atomic mass is 10.1. The van der Waals surface area contributed by atoms with Gasteiger partial charge in [-0.1, -0.05) is 46.8 Å². The standard InChI is InChI=1S/C16H18BrN3OS/c1-4-8-20-15(5-2)18-19-16(20)22-10-14(21)12-6-7-13(17)11(3)9-12/h4,6-7,9H,1,5,8,10H2,2-3H3.